The lowest BCUT2D eigenvalue weighted by Crippen LogP contribution is -2.47. The molecule has 4 rings (SSSR count). The maximum atomic E-state index is 13.3. The highest BCUT2D eigenvalue weighted by Gasteiger charge is 2.43. The molecule has 2 saturated heterocycles. The highest BCUT2D eigenvalue weighted by molar-refractivity contribution is 7.89. The number of hydrogen-bond donors (Lipinski definition) is 0. The van der Waals surface area contributed by atoms with Gasteiger partial charge in [0, 0.05) is 38.4 Å². The van der Waals surface area contributed by atoms with Crippen molar-refractivity contribution in [3.63, 3.8) is 0 Å². The second kappa shape index (κ2) is 6.90. The van der Waals surface area contributed by atoms with Crippen molar-refractivity contribution in [2.45, 2.75) is 30.4 Å². The fourth-order valence-electron chi connectivity index (χ4n) is 3.52. The molecule has 1 aromatic carbocycles. The number of aryl methyl sites for hydroxylation is 1. The molecule has 0 radical (unpaired) electrons. The van der Waals surface area contributed by atoms with Gasteiger partial charge in [0.25, 0.3) is 0 Å². The van der Waals surface area contributed by atoms with Crippen LogP contribution in [0.1, 0.15) is 18.7 Å². The topological polar surface area (TPSA) is 91.1 Å². The van der Waals surface area contributed by atoms with Crippen molar-refractivity contribution in [2.24, 2.45) is 0 Å². The van der Waals surface area contributed by atoms with E-state index < -0.39 is 15.8 Å². The molecule has 146 valence electrons. The van der Waals surface area contributed by atoms with E-state index in [9.17, 15) is 8.42 Å². The van der Waals surface area contributed by atoms with E-state index in [1.165, 1.54) is 11.4 Å². The average Bonchev–Trinajstić information content (AvgIpc) is 3.31. The van der Waals surface area contributed by atoms with Crippen molar-refractivity contribution in [2.75, 3.05) is 33.4 Å². The predicted molar refractivity (Wildman–Crippen MR) is 95.9 cm³/mol. The molecule has 2 aliphatic rings. The standard InChI is InChI=1S/C18H22N2O6S/c1-13-19-12-16(26-13)14-3-4-15(23-2)17(11-14)27(21,22)20-7-5-18(6-8-20)24-9-10-25-18/h3-4,11-12H,5-10H2,1-2H3. The number of sulfonamides is 1. The minimum atomic E-state index is -3.74. The molecular formula is C18H22N2O6S. The Bertz CT molecular complexity index is 923. The molecule has 2 fully saturated rings. The van der Waals surface area contributed by atoms with E-state index in [0.29, 0.717) is 62.1 Å². The molecule has 1 spiro atoms. The average molecular weight is 394 g/mol. The highest BCUT2D eigenvalue weighted by Crippen LogP contribution is 2.36. The number of rotatable bonds is 4. The van der Waals surface area contributed by atoms with Crippen molar-refractivity contribution in [3.05, 3.63) is 30.3 Å². The first kappa shape index (κ1) is 18.4. The summed E-state index contributed by atoms with van der Waals surface area (Å²) in [4.78, 5) is 4.18. The highest BCUT2D eigenvalue weighted by atomic mass is 32.2. The van der Waals surface area contributed by atoms with E-state index in [2.05, 4.69) is 4.98 Å². The fourth-order valence-corrected chi connectivity index (χ4v) is 5.14. The number of oxazole rings is 1. The van der Waals surface area contributed by atoms with Crippen LogP contribution in [0.25, 0.3) is 11.3 Å². The van der Waals surface area contributed by atoms with E-state index in [1.807, 2.05) is 0 Å². The number of piperidine rings is 1. The molecule has 0 aliphatic carbocycles. The zero-order valence-corrected chi connectivity index (χ0v) is 16.1. The smallest absolute Gasteiger partial charge is 0.246 e. The Morgan fingerprint density at radius 2 is 1.89 bits per heavy atom. The Labute approximate surface area is 158 Å². The molecule has 3 heterocycles. The molecule has 0 bridgehead atoms. The molecule has 9 heteroatoms. The summed E-state index contributed by atoms with van der Waals surface area (Å²) in [5.41, 5.74) is 0.630. The van der Waals surface area contributed by atoms with Crippen LogP contribution in [0.4, 0.5) is 0 Å². The monoisotopic (exact) mass is 394 g/mol. The molecule has 0 atom stereocenters. The molecule has 0 amide bonds. The summed E-state index contributed by atoms with van der Waals surface area (Å²) < 4.78 is 50.2. The lowest BCUT2D eigenvalue weighted by atomic mass is 10.1. The minimum absolute atomic E-state index is 0.112. The molecular weight excluding hydrogens is 372 g/mol. The molecule has 8 nitrogen and oxygen atoms in total. The van der Waals surface area contributed by atoms with Crippen molar-refractivity contribution < 1.29 is 27.0 Å². The van der Waals surface area contributed by atoms with E-state index in [-0.39, 0.29) is 4.90 Å². The predicted octanol–water partition coefficient (Wildman–Crippen LogP) is 2.19. The first-order valence-corrected chi connectivity index (χ1v) is 10.3. The van der Waals surface area contributed by atoms with Gasteiger partial charge in [0.05, 0.1) is 26.5 Å². The second-order valence-corrected chi connectivity index (χ2v) is 8.53. The summed E-state index contributed by atoms with van der Waals surface area (Å²) in [7, 11) is -2.28. The molecule has 2 aromatic rings. The Morgan fingerprint density at radius 1 is 1.19 bits per heavy atom. The minimum Gasteiger partial charge on any atom is -0.495 e. The number of nitrogens with zero attached hydrogens (tertiary/aromatic N) is 2. The van der Waals surface area contributed by atoms with Gasteiger partial charge in [-0.15, -0.1) is 0 Å². The van der Waals surface area contributed by atoms with Crippen LogP contribution in [-0.4, -0.2) is 56.9 Å². The first-order chi connectivity index (χ1) is 12.9. The summed E-state index contributed by atoms with van der Waals surface area (Å²) in [6, 6.07) is 4.96. The fraction of sp³-hybridized carbons (Fsp3) is 0.500. The van der Waals surface area contributed by atoms with Gasteiger partial charge in [0.2, 0.25) is 10.0 Å². The first-order valence-electron chi connectivity index (χ1n) is 8.82. The van der Waals surface area contributed by atoms with Crippen molar-refractivity contribution in [3.8, 4) is 17.1 Å². The van der Waals surface area contributed by atoms with Crippen LogP contribution >= 0.6 is 0 Å². The molecule has 0 unspecified atom stereocenters. The van der Waals surface area contributed by atoms with Crippen molar-refractivity contribution in [1.29, 1.82) is 0 Å². The number of hydrogen-bond acceptors (Lipinski definition) is 7. The largest absolute Gasteiger partial charge is 0.495 e. The van der Waals surface area contributed by atoms with Gasteiger partial charge in [0.1, 0.15) is 10.6 Å². The lowest BCUT2D eigenvalue weighted by molar-refractivity contribution is -0.179. The van der Waals surface area contributed by atoms with E-state index >= 15 is 0 Å². The second-order valence-electron chi connectivity index (χ2n) is 6.62. The Hall–Kier alpha value is -1.94. The SMILES string of the molecule is COc1ccc(-c2cnc(C)o2)cc1S(=O)(=O)N1CCC2(CC1)OCCO2. The van der Waals surface area contributed by atoms with Crippen LogP contribution in [0.5, 0.6) is 5.75 Å². The summed E-state index contributed by atoms with van der Waals surface area (Å²) in [6.45, 7) is 3.51. The van der Waals surface area contributed by atoms with Crippen molar-refractivity contribution >= 4 is 10.0 Å². The third-order valence-electron chi connectivity index (χ3n) is 4.99. The zero-order chi connectivity index (χ0) is 19.1. The quantitative estimate of drug-likeness (QED) is 0.785. The number of benzene rings is 1. The van der Waals surface area contributed by atoms with E-state index in [1.54, 1.807) is 31.3 Å². The Morgan fingerprint density at radius 3 is 2.48 bits per heavy atom. The van der Waals surface area contributed by atoms with Crippen LogP contribution in [0.2, 0.25) is 0 Å². The molecule has 0 N–H and O–H groups in total. The van der Waals surface area contributed by atoms with Gasteiger partial charge in [-0.1, -0.05) is 0 Å². The third kappa shape index (κ3) is 3.36. The van der Waals surface area contributed by atoms with Gasteiger partial charge in [-0.2, -0.15) is 4.31 Å². The molecule has 1 aromatic heterocycles. The maximum Gasteiger partial charge on any atom is 0.246 e. The summed E-state index contributed by atoms with van der Waals surface area (Å²) in [6.07, 6.45) is 2.60. The van der Waals surface area contributed by atoms with Gasteiger partial charge in [-0.3, -0.25) is 0 Å². The van der Waals surface area contributed by atoms with Gasteiger partial charge >= 0.3 is 0 Å². The lowest BCUT2D eigenvalue weighted by Gasteiger charge is -2.37. The third-order valence-corrected chi connectivity index (χ3v) is 6.90. The molecule has 2 aliphatic heterocycles. The van der Waals surface area contributed by atoms with E-state index in [0.717, 1.165) is 0 Å². The number of ether oxygens (including phenoxy) is 3. The van der Waals surface area contributed by atoms with Crippen LogP contribution in [-0.2, 0) is 19.5 Å². The normalized spacial score (nSPS) is 20.2. The summed E-state index contributed by atoms with van der Waals surface area (Å²) in [5, 5.41) is 0. The van der Waals surface area contributed by atoms with Crippen LogP contribution < -0.4 is 4.74 Å². The molecule has 27 heavy (non-hydrogen) atoms. The van der Waals surface area contributed by atoms with Gasteiger partial charge in [-0.05, 0) is 18.2 Å². The number of methoxy groups -OCH3 is 1. The maximum absolute atomic E-state index is 13.3. The Balaban J connectivity index is 1.64. The summed E-state index contributed by atoms with van der Waals surface area (Å²) in [5.74, 6) is 0.693. The van der Waals surface area contributed by atoms with E-state index in [4.69, 9.17) is 18.6 Å². The Kier molecular flexibility index (Phi) is 4.71. The van der Waals surface area contributed by atoms with Crippen LogP contribution in [0, 0.1) is 6.92 Å². The van der Waals surface area contributed by atoms with Crippen LogP contribution in [0.15, 0.2) is 33.7 Å². The zero-order valence-electron chi connectivity index (χ0n) is 15.3. The molecule has 0 saturated carbocycles. The summed E-state index contributed by atoms with van der Waals surface area (Å²) >= 11 is 0. The van der Waals surface area contributed by atoms with Gasteiger partial charge in [0.15, 0.2) is 17.4 Å². The van der Waals surface area contributed by atoms with Crippen LogP contribution in [0.3, 0.4) is 0 Å². The van der Waals surface area contributed by atoms with Gasteiger partial charge in [-0.25, -0.2) is 13.4 Å². The number of aromatic nitrogens is 1. The van der Waals surface area contributed by atoms with Crippen molar-refractivity contribution in [1.82, 2.24) is 9.29 Å². The van der Waals surface area contributed by atoms with Gasteiger partial charge < -0.3 is 18.6 Å².